The maximum atomic E-state index is 5.84. The van der Waals surface area contributed by atoms with E-state index < -0.39 is 0 Å². The highest BCUT2D eigenvalue weighted by atomic mass is 16.5. The fourth-order valence-corrected chi connectivity index (χ4v) is 3.15. The van der Waals surface area contributed by atoms with Crippen LogP contribution >= 0.6 is 0 Å². The number of ether oxygens (including phenoxy) is 1. The van der Waals surface area contributed by atoms with E-state index in [9.17, 15) is 0 Å². The number of hydrogen-bond donors (Lipinski definition) is 2. The van der Waals surface area contributed by atoms with Crippen LogP contribution in [0.15, 0.2) is 0 Å². The SMILES string of the molecule is CCC(C)(C(CCC1CC1)NN)N1CCOCC1. The lowest BCUT2D eigenvalue weighted by molar-refractivity contribution is -0.0338. The average molecular weight is 255 g/mol. The van der Waals surface area contributed by atoms with Gasteiger partial charge in [-0.15, -0.1) is 0 Å². The number of hydrazine groups is 1. The zero-order valence-corrected chi connectivity index (χ0v) is 12.0. The van der Waals surface area contributed by atoms with Crippen LogP contribution in [-0.4, -0.2) is 42.8 Å². The lowest BCUT2D eigenvalue weighted by Crippen LogP contribution is -2.63. The number of hydrogen-bond acceptors (Lipinski definition) is 4. The molecule has 0 radical (unpaired) electrons. The van der Waals surface area contributed by atoms with E-state index in [1.165, 1.54) is 25.7 Å². The Morgan fingerprint density at radius 3 is 2.56 bits per heavy atom. The molecule has 2 rings (SSSR count). The topological polar surface area (TPSA) is 50.5 Å². The van der Waals surface area contributed by atoms with Crippen molar-refractivity contribution >= 4 is 0 Å². The van der Waals surface area contributed by atoms with Gasteiger partial charge in [-0.05, 0) is 32.1 Å². The van der Waals surface area contributed by atoms with Crippen molar-refractivity contribution in [3.05, 3.63) is 0 Å². The summed E-state index contributed by atoms with van der Waals surface area (Å²) in [7, 11) is 0. The van der Waals surface area contributed by atoms with Crippen molar-refractivity contribution in [2.24, 2.45) is 11.8 Å². The lowest BCUT2D eigenvalue weighted by atomic mass is 9.84. The predicted molar refractivity (Wildman–Crippen MR) is 74.2 cm³/mol. The summed E-state index contributed by atoms with van der Waals surface area (Å²) < 4.78 is 5.47. The van der Waals surface area contributed by atoms with E-state index in [0.717, 1.165) is 38.6 Å². The van der Waals surface area contributed by atoms with Gasteiger partial charge < -0.3 is 4.74 Å². The lowest BCUT2D eigenvalue weighted by Gasteiger charge is -2.47. The fraction of sp³-hybridized carbons (Fsp3) is 1.00. The predicted octanol–water partition coefficient (Wildman–Crippen LogP) is 1.51. The number of rotatable bonds is 7. The Morgan fingerprint density at radius 1 is 1.39 bits per heavy atom. The summed E-state index contributed by atoms with van der Waals surface area (Å²) in [4.78, 5) is 2.56. The van der Waals surface area contributed by atoms with Crippen LogP contribution in [0.1, 0.15) is 46.0 Å². The molecule has 2 aliphatic rings. The highest BCUT2D eigenvalue weighted by molar-refractivity contribution is 4.96. The molecule has 3 N–H and O–H groups in total. The van der Waals surface area contributed by atoms with Crippen molar-refractivity contribution < 1.29 is 4.74 Å². The highest BCUT2D eigenvalue weighted by Gasteiger charge is 2.39. The molecule has 106 valence electrons. The molecular weight excluding hydrogens is 226 g/mol. The minimum absolute atomic E-state index is 0.160. The summed E-state index contributed by atoms with van der Waals surface area (Å²) in [5.74, 6) is 6.82. The number of nitrogens with two attached hydrogens (primary N) is 1. The number of nitrogens with one attached hydrogen (secondary N) is 1. The average Bonchev–Trinajstić information content (AvgIpc) is 3.24. The van der Waals surface area contributed by atoms with Gasteiger partial charge in [0.15, 0.2) is 0 Å². The first-order valence-corrected chi connectivity index (χ1v) is 7.49. The Labute approximate surface area is 111 Å². The third kappa shape index (κ3) is 3.23. The number of nitrogens with zero attached hydrogens (tertiary/aromatic N) is 1. The molecule has 4 nitrogen and oxygen atoms in total. The van der Waals surface area contributed by atoms with E-state index in [4.69, 9.17) is 10.6 Å². The van der Waals surface area contributed by atoms with Crippen LogP contribution in [0, 0.1) is 5.92 Å². The van der Waals surface area contributed by atoms with Crippen molar-refractivity contribution in [1.29, 1.82) is 0 Å². The van der Waals surface area contributed by atoms with E-state index in [0.29, 0.717) is 6.04 Å². The molecule has 2 unspecified atom stereocenters. The summed E-state index contributed by atoms with van der Waals surface area (Å²) in [6.07, 6.45) is 6.51. The van der Waals surface area contributed by atoms with Crippen LogP contribution in [0.4, 0.5) is 0 Å². The quantitative estimate of drug-likeness (QED) is 0.535. The summed E-state index contributed by atoms with van der Waals surface area (Å²) in [6.45, 7) is 8.41. The zero-order chi connectivity index (χ0) is 13.0. The molecule has 1 aliphatic heterocycles. The van der Waals surface area contributed by atoms with Gasteiger partial charge >= 0.3 is 0 Å². The Kier molecular flexibility index (Phi) is 5.01. The Hall–Kier alpha value is -0.160. The maximum Gasteiger partial charge on any atom is 0.0594 e. The van der Waals surface area contributed by atoms with E-state index in [1.807, 2.05) is 0 Å². The summed E-state index contributed by atoms with van der Waals surface area (Å²) in [5.41, 5.74) is 3.25. The van der Waals surface area contributed by atoms with E-state index >= 15 is 0 Å². The first-order chi connectivity index (χ1) is 8.70. The molecule has 2 atom stereocenters. The molecule has 1 heterocycles. The number of morpholine rings is 1. The molecule has 1 saturated heterocycles. The van der Waals surface area contributed by atoms with Crippen LogP contribution in [0.3, 0.4) is 0 Å². The molecule has 18 heavy (non-hydrogen) atoms. The van der Waals surface area contributed by atoms with Gasteiger partial charge in [-0.2, -0.15) is 0 Å². The van der Waals surface area contributed by atoms with Gasteiger partial charge in [-0.3, -0.25) is 16.2 Å². The first-order valence-electron chi connectivity index (χ1n) is 7.49. The van der Waals surface area contributed by atoms with Gasteiger partial charge in [0.25, 0.3) is 0 Å². The van der Waals surface area contributed by atoms with E-state index in [-0.39, 0.29) is 5.54 Å². The largest absolute Gasteiger partial charge is 0.379 e. The highest BCUT2D eigenvalue weighted by Crippen LogP contribution is 2.36. The smallest absolute Gasteiger partial charge is 0.0594 e. The summed E-state index contributed by atoms with van der Waals surface area (Å²) in [5, 5.41) is 0. The Bertz CT molecular complexity index is 251. The fourth-order valence-electron chi connectivity index (χ4n) is 3.15. The molecule has 0 spiro atoms. The maximum absolute atomic E-state index is 5.84. The minimum Gasteiger partial charge on any atom is -0.379 e. The molecule has 1 saturated carbocycles. The van der Waals surface area contributed by atoms with Crippen molar-refractivity contribution in [3.8, 4) is 0 Å². The third-order valence-corrected chi connectivity index (χ3v) is 4.96. The molecule has 4 heteroatoms. The van der Waals surface area contributed by atoms with Crippen molar-refractivity contribution in [1.82, 2.24) is 10.3 Å². The van der Waals surface area contributed by atoms with Crippen LogP contribution in [0.2, 0.25) is 0 Å². The molecular formula is C14H29N3O. The molecule has 0 aromatic rings. The van der Waals surface area contributed by atoms with Crippen LogP contribution in [-0.2, 0) is 4.74 Å². The summed E-state index contributed by atoms with van der Waals surface area (Å²) >= 11 is 0. The van der Waals surface area contributed by atoms with Gasteiger partial charge in [0.2, 0.25) is 0 Å². The first kappa shape index (κ1) is 14.3. The standard InChI is InChI=1S/C14H29N3O/c1-3-14(2,17-8-10-18-11-9-17)13(16-15)7-6-12-4-5-12/h12-13,16H,3-11,15H2,1-2H3. The second kappa shape index (κ2) is 6.33. The molecule has 1 aliphatic carbocycles. The van der Waals surface area contributed by atoms with E-state index in [2.05, 4.69) is 24.2 Å². The van der Waals surface area contributed by atoms with Gasteiger partial charge in [-0.25, -0.2) is 0 Å². The normalized spacial score (nSPS) is 26.8. The molecule has 0 bridgehead atoms. The monoisotopic (exact) mass is 255 g/mol. The second-order valence-corrected chi connectivity index (χ2v) is 6.05. The molecule has 0 amide bonds. The van der Waals surface area contributed by atoms with Gasteiger partial charge in [0.1, 0.15) is 0 Å². The second-order valence-electron chi connectivity index (χ2n) is 6.05. The molecule has 0 aromatic heterocycles. The minimum atomic E-state index is 0.160. The van der Waals surface area contributed by atoms with Crippen LogP contribution < -0.4 is 11.3 Å². The Balaban J connectivity index is 1.96. The molecule has 2 fully saturated rings. The van der Waals surface area contributed by atoms with Crippen molar-refractivity contribution in [3.63, 3.8) is 0 Å². The third-order valence-electron chi connectivity index (χ3n) is 4.96. The van der Waals surface area contributed by atoms with Gasteiger partial charge in [-0.1, -0.05) is 19.8 Å². The van der Waals surface area contributed by atoms with E-state index in [1.54, 1.807) is 0 Å². The Morgan fingerprint density at radius 2 is 2.06 bits per heavy atom. The van der Waals surface area contributed by atoms with Crippen molar-refractivity contribution in [2.75, 3.05) is 26.3 Å². The van der Waals surface area contributed by atoms with Gasteiger partial charge in [0.05, 0.1) is 13.2 Å². The van der Waals surface area contributed by atoms with Crippen molar-refractivity contribution in [2.45, 2.75) is 57.5 Å². The molecule has 0 aromatic carbocycles. The van der Waals surface area contributed by atoms with Crippen LogP contribution in [0.25, 0.3) is 0 Å². The van der Waals surface area contributed by atoms with Gasteiger partial charge in [0, 0.05) is 24.7 Å². The zero-order valence-electron chi connectivity index (χ0n) is 12.0. The van der Waals surface area contributed by atoms with Crippen LogP contribution in [0.5, 0.6) is 0 Å². The summed E-state index contributed by atoms with van der Waals surface area (Å²) in [6, 6.07) is 0.390.